The van der Waals surface area contributed by atoms with Crippen molar-refractivity contribution in [2.75, 3.05) is 19.7 Å². The highest BCUT2D eigenvalue weighted by Crippen LogP contribution is 2.21. The Hall–Kier alpha value is -1.33. The van der Waals surface area contributed by atoms with E-state index in [1.165, 1.54) is 12.8 Å². The van der Waals surface area contributed by atoms with Gasteiger partial charge < -0.3 is 19.4 Å². The molecular formula is C18H26N2O2S. The van der Waals surface area contributed by atoms with E-state index in [0.717, 1.165) is 49.8 Å². The quantitative estimate of drug-likeness (QED) is 0.637. The fraction of sp³-hybridized carbons (Fsp3) is 0.611. The molecule has 4 nitrogen and oxygen atoms in total. The summed E-state index contributed by atoms with van der Waals surface area (Å²) in [5.41, 5.74) is 0. The van der Waals surface area contributed by atoms with Crippen LogP contribution in [0.5, 0.6) is 0 Å². The second-order valence-electron chi connectivity index (χ2n) is 6.43. The standard InChI is InChI=1S/C18H26N2O2S/c23-18(19-12-16-8-4-10-21-16)20(14-17-9-5-11-22-17)13-15-6-2-1-3-7-15/h1-2,4,8,10,15,17H,3,5-7,9,11-14H2,(H,19,23)/t15-,17+/m1/s1. The molecule has 1 aliphatic carbocycles. The molecule has 2 atom stereocenters. The normalized spacial score (nSPS) is 23.8. The van der Waals surface area contributed by atoms with Gasteiger partial charge in [0.2, 0.25) is 0 Å². The second-order valence-corrected chi connectivity index (χ2v) is 6.82. The molecule has 1 aromatic heterocycles. The minimum atomic E-state index is 0.317. The molecule has 1 N–H and O–H groups in total. The van der Waals surface area contributed by atoms with Crippen LogP contribution >= 0.6 is 12.2 Å². The smallest absolute Gasteiger partial charge is 0.169 e. The molecule has 2 heterocycles. The Balaban J connectivity index is 1.55. The predicted molar refractivity (Wildman–Crippen MR) is 95.2 cm³/mol. The topological polar surface area (TPSA) is 37.6 Å². The van der Waals surface area contributed by atoms with Gasteiger partial charge in [-0.05, 0) is 62.4 Å². The monoisotopic (exact) mass is 334 g/mol. The van der Waals surface area contributed by atoms with Crippen LogP contribution in [0.1, 0.15) is 37.9 Å². The van der Waals surface area contributed by atoms with Crippen LogP contribution in [0.3, 0.4) is 0 Å². The maximum atomic E-state index is 5.81. The summed E-state index contributed by atoms with van der Waals surface area (Å²) in [5, 5.41) is 4.15. The molecule has 0 amide bonds. The zero-order valence-corrected chi connectivity index (χ0v) is 14.4. The molecule has 23 heavy (non-hydrogen) atoms. The van der Waals surface area contributed by atoms with Crippen LogP contribution < -0.4 is 5.32 Å². The highest BCUT2D eigenvalue weighted by molar-refractivity contribution is 7.80. The lowest BCUT2D eigenvalue weighted by Crippen LogP contribution is -2.45. The van der Waals surface area contributed by atoms with E-state index in [0.29, 0.717) is 18.6 Å². The summed E-state index contributed by atoms with van der Waals surface area (Å²) >= 11 is 5.65. The van der Waals surface area contributed by atoms with Crippen LogP contribution in [0.15, 0.2) is 35.0 Å². The highest BCUT2D eigenvalue weighted by atomic mass is 32.1. The van der Waals surface area contributed by atoms with Crippen molar-refractivity contribution in [1.82, 2.24) is 10.2 Å². The van der Waals surface area contributed by atoms with Gasteiger partial charge in [0.05, 0.1) is 18.9 Å². The molecule has 1 aromatic rings. The molecule has 0 unspecified atom stereocenters. The average molecular weight is 334 g/mol. The Kier molecular flexibility index (Phi) is 6.11. The molecular weight excluding hydrogens is 308 g/mol. The molecule has 1 fully saturated rings. The van der Waals surface area contributed by atoms with Gasteiger partial charge >= 0.3 is 0 Å². The van der Waals surface area contributed by atoms with Gasteiger partial charge in [0, 0.05) is 19.7 Å². The van der Waals surface area contributed by atoms with Crippen molar-refractivity contribution >= 4 is 17.3 Å². The van der Waals surface area contributed by atoms with Crippen molar-refractivity contribution in [2.45, 2.75) is 44.8 Å². The molecule has 2 aliphatic rings. The first-order chi connectivity index (χ1) is 11.3. The zero-order valence-electron chi connectivity index (χ0n) is 13.6. The van der Waals surface area contributed by atoms with Crippen molar-refractivity contribution in [3.05, 3.63) is 36.3 Å². The van der Waals surface area contributed by atoms with E-state index in [4.69, 9.17) is 21.4 Å². The van der Waals surface area contributed by atoms with Gasteiger partial charge in [-0.3, -0.25) is 0 Å². The van der Waals surface area contributed by atoms with E-state index >= 15 is 0 Å². The molecule has 0 saturated carbocycles. The van der Waals surface area contributed by atoms with Gasteiger partial charge in [-0.2, -0.15) is 0 Å². The molecule has 1 saturated heterocycles. The van der Waals surface area contributed by atoms with Crippen molar-refractivity contribution in [3.63, 3.8) is 0 Å². The molecule has 0 spiro atoms. The SMILES string of the molecule is S=C(NCc1ccco1)N(C[C@@H]1CC=CCC1)C[C@@H]1CCCO1. The molecule has 0 aromatic carbocycles. The minimum absolute atomic E-state index is 0.317. The molecule has 126 valence electrons. The Morgan fingerprint density at radius 2 is 2.26 bits per heavy atom. The lowest BCUT2D eigenvalue weighted by molar-refractivity contribution is 0.0873. The number of allylic oxidation sites excluding steroid dienone is 2. The third kappa shape index (κ3) is 5.08. The highest BCUT2D eigenvalue weighted by Gasteiger charge is 2.23. The molecule has 0 bridgehead atoms. The first-order valence-electron chi connectivity index (χ1n) is 8.63. The number of nitrogens with zero attached hydrogens (tertiary/aromatic N) is 1. The molecule has 5 heteroatoms. The first kappa shape index (κ1) is 16.5. The number of thiocarbonyl (C=S) groups is 1. The molecule has 1 aliphatic heterocycles. The fourth-order valence-electron chi connectivity index (χ4n) is 3.30. The first-order valence-corrected chi connectivity index (χ1v) is 9.04. The van der Waals surface area contributed by atoms with E-state index in [9.17, 15) is 0 Å². The molecule has 0 radical (unpaired) electrons. The van der Waals surface area contributed by atoms with E-state index in [1.807, 2.05) is 12.1 Å². The van der Waals surface area contributed by atoms with Crippen molar-refractivity contribution in [2.24, 2.45) is 5.92 Å². The van der Waals surface area contributed by atoms with Gasteiger partial charge in [0.15, 0.2) is 5.11 Å². The van der Waals surface area contributed by atoms with E-state index in [2.05, 4.69) is 22.4 Å². The van der Waals surface area contributed by atoms with Crippen molar-refractivity contribution in [1.29, 1.82) is 0 Å². The van der Waals surface area contributed by atoms with Crippen LogP contribution in [0.2, 0.25) is 0 Å². The number of nitrogens with one attached hydrogen (secondary N) is 1. The Labute approximate surface area is 143 Å². The van der Waals surface area contributed by atoms with Crippen LogP contribution in [-0.4, -0.2) is 35.8 Å². The van der Waals surface area contributed by atoms with Gasteiger partial charge in [-0.15, -0.1) is 0 Å². The summed E-state index contributed by atoms with van der Waals surface area (Å²) in [5.74, 6) is 1.59. The average Bonchev–Trinajstić information content (AvgIpc) is 3.26. The largest absolute Gasteiger partial charge is 0.467 e. The zero-order chi connectivity index (χ0) is 15.9. The maximum absolute atomic E-state index is 5.81. The van der Waals surface area contributed by atoms with Crippen LogP contribution in [0.25, 0.3) is 0 Å². The lowest BCUT2D eigenvalue weighted by Gasteiger charge is -2.32. The van der Waals surface area contributed by atoms with Gasteiger partial charge in [0.25, 0.3) is 0 Å². The Bertz CT molecular complexity index is 509. The summed E-state index contributed by atoms with van der Waals surface area (Å²) in [7, 11) is 0. The Morgan fingerprint density at radius 3 is 2.96 bits per heavy atom. The molecule has 3 rings (SSSR count). The van der Waals surface area contributed by atoms with Gasteiger partial charge in [0.1, 0.15) is 5.76 Å². The second kappa shape index (κ2) is 8.50. The fourth-order valence-corrected chi connectivity index (χ4v) is 3.52. The predicted octanol–water partition coefficient (Wildman–Crippen LogP) is 3.49. The van der Waals surface area contributed by atoms with E-state index < -0.39 is 0 Å². The summed E-state index contributed by atoms with van der Waals surface area (Å²) in [6, 6.07) is 3.87. The lowest BCUT2D eigenvalue weighted by atomic mass is 9.94. The summed E-state index contributed by atoms with van der Waals surface area (Å²) < 4.78 is 11.2. The van der Waals surface area contributed by atoms with Crippen LogP contribution in [0, 0.1) is 5.92 Å². The van der Waals surface area contributed by atoms with Crippen LogP contribution in [0.4, 0.5) is 0 Å². The van der Waals surface area contributed by atoms with Crippen LogP contribution in [-0.2, 0) is 11.3 Å². The minimum Gasteiger partial charge on any atom is -0.467 e. The van der Waals surface area contributed by atoms with Gasteiger partial charge in [-0.1, -0.05) is 12.2 Å². The number of rotatable bonds is 6. The number of furan rings is 1. The van der Waals surface area contributed by atoms with Crippen molar-refractivity contribution in [3.8, 4) is 0 Å². The van der Waals surface area contributed by atoms with E-state index in [-0.39, 0.29) is 0 Å². The maximum Gasteiger partial charge on any atom is 0.169 e. The van der Waals surface area contributed by atoms with Gasteiger partial charge in [-0.25, -0.2) is 0 Å². The third-order valence-electron chi connectivity index (χ3n) is 4.59. The summed E-state index contributed by atoms with van der Waals surface area (Å²) in [6.45, 7) is 3.42. The Morgan fingerprint density at radius 1 is 1.30 bits per heavy atom. The third-order valence-corrected chi connectivity index (χ3v) is 4.99. The number of hydrogen-bond acceptors (Lipinski definition) is 3. The van der Waals surface area contributed by atoms with E-state index in [1.54, 1.807) is 6.26 Å². The summed E-state index contributed by atoms with van der Waals surface area (Å²) in [6.07, 6.45) is 12.5. The summed E-state index contributed by atoms with van der Waals surface area (Å²) in [4.78, 5) is 2.30. The number of ether oxygens (including phenoxy) is 1. The van der Waals surface area contributed by atoms with Crippen molar-refractivity contribution < 1.29 is 9.15 Å². The number of hydrogen-bond donors (Lipinski definition) is 1.